The number of rotatable bonds is 4. The van der Waals surface area contributed by atoms with Gasteiger partial charge in [-0.15, -0.1) is 0 Å². The number of pyridine rings is 1. The lowest BCUT2D eigenvalue weighted by atomic mass is 10.3. The van der Waals surface area contributed by atoms with Gasteiger partial charge in [0.2, 0.25) is 20.9 Å². The summed E-state index contributed by atoms with van der Waals surface area (Å²) in [6.45, 7) is -0.260. The predicted octanol–water partition coefficient (Wildman–Crippen LogP) is 2.78. The molecule has 25 heavy (non-hydrogen) atoms. The number of para-hydroxylation sites is 2. The van der Waals surface area contributed by atoms with Gasteiger partial charge < -0.3 is 9.88 Å². The minimum absolute atomic E-state index is 0.140. The Bertz CT molecular complexity index is 1080. The van der Waals surface area contributed by atoms with E-state index < -0.39 is 15.7 Å². The molecule has 0 atom stereocenters. The van der Waals surface area contributed by atoms with Gasteiger partial charge in [0.05, 0.1) is 21.1 Å². The summed E-state index contributed by atoms with van der Waals surface area (Å²) in [5.74, 6) is -0.355. The Morgan fingerprint density at radius 2 is 2.00 bits per heavy atom. The molecule has 2 heterocycles. The van der Waals surface area contributed by atoms with Crippen molar-refractivity contribution in [3.05, 3.63) is 46.6 Å². The molecule has 2 aromatic heterocycles. The molecule has 0 unspecified atom stereocenters. The number of nitrogens with one attached hydrogen (secondary N) is 1. The van der Waals surface area contributed by atoms with Gasteiger partial charge in [-0.1, -0.05) is 35.3 Å². The number of imidazole rings is 1. The smallest absolute Gasteiger partial charge is 0.245 e. The van der Waals surface area contributed by atoms with Crippen LogP contribution in [0, 0.1) is 0 Å². The molecule has 0 saturated carbocycles. The maximum absolute atomic E-state index is 12.4. The number of benzene rings is 1. The van der Waals surface area contributed by atoms with Gasteiger partial charge in [-0.2, -0.15) is 0 Å². The molecule has 1 amide bonds. The lowest BCUT2D eigenvalue weighted by molar-refractivity contribution is -0.116. The van der Waals surface area contributed by atoms with Crippen LogP contribution in [0.25, 0.3) is 11.0 Å². The molecule has 3 rings (SSSR count). The summed E-state index contributed by atoms with van der Waals surface area (Å²) in [7, 11) is -3.61. The second-order valence-corrected chi connectivity index (χ2v) is 8.03. The molecule has 0 fully saturated rings. The molecule has 10 heteroatoms. The number of halogens is 2. The number of aromatic nitrogens is 3. The van der Waals surface area contributed by atoms with Gasteiger partial charge in [0, 0.05) is 12.5 Å². The average molecular weight is 399 g/mol. The lowest BCUT2D eigenvalue weighted by Gasteiger charge is -2.09. The second kappa shape index (κ2) is 6.62. The van der Waals surface area contributed by atoms with E-state index in [1.807, 2.05) is 0 Å². The fourth-order valence-electron chi connectivity index (χ4n) is 2.31. The molecule has 1 N–H and O–H groups in total. The number of carbonyl (C=O) groups is 1. The van der Waals surface area contributed by atoms with Gasteiger partial charge in [0.25, 0.3) is 0 Å². The van der Waals surface area contributed by atoms with E-state index in [1.54, 1.807) is 24.3 Å². The fraction of sp³-hybridized carbons (Fsp3) is 0.133. The zero-order chi connectivity index (χ0) is 18.2. The quantitative estimate of drug-likeness (QED) is 0.728. The second-order valence-electron chi connectivity index (χ2n) is 5.27. The Labute approximate surface area is 153 Å². The highest BCUT2D eigenvalue weighted by Crippen LogP contribution is 2.23. The average Bonchev–Trinajstić information content (AvgIpc) is 2.89. The molecule has 0 saturated heterocycles. The number of anilines is 1. The Morgan fingerprint density at radius 3 is 2.68 bits per heavy atom. The molecule has 1 aromatic carbocycles. The molecule has 130 valence electrons. The summed E-state index contributed by atoms with van der Waals surface area (Å²) >= 11 is 11.7. The normalized spacial score (nSPS) is 11.6. The number of amides is 1. The van der Waals surface area contributed by atoms with Crippen LogP contribution in [0.5, 0.6) is 0 Å². The largest absolute Gasteiger partial charge is 0.308 e. The highest BCUT2D eigenvalue weighted by atomic mass is 35.5. The molecular weight excluding hydrogens is 387 g/mol. The van der Waals surface area contributed by atoms with Crippen molar-refractivity contribution >= 4 is 55.8 Å². The van der Waals surface area contributed by atoms with E-state index in [1.165, 1.54) is 16.8 Å². The molecule has 3 aromatic rings. The van der Waals surface area contributed by atoms with E-state index in [2.05, 4.69) is 15.3 Å². The predicted molar refractivity (Wildman–Crippen MR) is 95.7 cm³/mol. The van der Waals surface area contributed by atoms with Crippen molar-refractivity contribution in [2.24, 2.45) is 0 Å². The van der Waals surface area contributed by atoms with E-state index in [0.717, 1.165) is 6.26 Å². The standard InChI is InChI=1S/C15H12Cl2N4O3S/c1-25(23,24)15-19-11-4-2-3-5-12(11)21(15)8-13(22)20-14-10(17)6-9(16)7-18-14/h2-7H,8H2,1H3,(H,18,20,22). The monoisotopic (exact) mass is 398 g/mol. The third kappa shape index (κ3) is 3.76. The summed E-state index contributed by atoms with van der Waals surface area (Å²) in [5.41, 5.74) is 1.02. The van der Waals surface area contributed by atoms with Crippen LogP contribution in [-0.4, -0.2) is 35.1 Å². The van der Waals surface area contributed by atoms with Crippen molar-refractivity contribution in [3.8, 4) is 0 Å². The van der Waals surface area contributed by atoms with Crippen LogP contribution in [0.4, 0.5) is 5.82 Å². The number of fused-ring (bicyclic) bond motifs is 1. The third-order valence-corrected chi connectivity index (χ3v) is 4.79. The number of carbonyl (C=O) groups excluding carboxylic acids is 1. The van der Waals surface area contributed by atoms with E-state index in [0.29, 0.717) is 16.1 Å². The number of hydrogen-bond acceptors (Lipinski definition) is 5. The molecule has 7 nitrogen and oxygen atoms in total. The van der Waals surface area contributed by atoms with Crippen LogP contribution in [-0.2, 0) is 21.2 Å². The van der Waals surface area contributed by atoms with Gasteiger partial charge in [0.1, 0.15) is 6.54 Å². The van der Waals surface area contributed by atoms with Crippen LogP contribution >= 0.6 is 23.2 Å². The van der Waals surface area contributed by atoms with Crippen LogP contribution in [0.15, 0.2) is 41.7 Å². The van der Waals surface area contributed by atoms with Crippen molar-refractivity contribution in [1.29, 1.82) is 0 Å². The van der Waals surface area contributed by atoms with Crippen molar-refractivity contribution in [2.75, 3.05) is 11.6 Å². The summed E-state index contributed by atoms with van der Waals surface area (Å²) in [4.78, 5) is 20.4. The van der Waals surface area contributed by atoms with Gasteiger partial charge in [-0.3, -0.25) is 4.79 Å². The van der Waals surface area contributed by atoms with Gasteiger partial charge in [0.15, 0.2) is 5.82 Å². The van der Waals surface area contributed by atoms with E-state index >= 15 is 0 Å². The molecule has 0 radical (unpaired) electrons. The van der Waals surface area contributed by atoms with Crippen molar-refractivity contribution < 1.29 is 13.2 Å². The van der Waals surface area contributed by atoms with E-state index in [4.69, 9.17) is 23.2 Å². The summed E-state index contributed by atoms with van der Waals surface area (Å²) in [6, 6.07) is 8.29. The minimum Gasteiger partial charge on any atom is -0.308 e. The zero-order valence-corrected chi connectivity index (χ0v) is 15.2. The summed E-state index contributed by atoms with van der Waals surface area (Å²) in [5, 5.41) is 2.87. The number of hydrogen-bond donors (Lipinski definition) is 1. The first-order valence-electron chi connectivity index (χ1n) is 7.02. The van der Waals surface area contributed by atoms with Gasteiger partial charge in [-0.25, -0.2) is 18.4 Å². The molecule has 0 aliphatic heterocycles. The molecule has 0 aliphatic rings. The lowest BCUT2D eigenvalue weighted by Crippen LogP contribution is -2.22. The fourth-order valence-corrected chi connectivity index (χ4v) is 3.57. The summed E-state index contributed by atoms with van der Waals surface area (Å²) < 4.78 is 25.3. The molecule has 0 aliphatic carbocycles. The number of sulfone groups is 1. The van der Waals surface area contributed by atoms with E-state index in [9.17, 15) is 13.2 Å². The Hall–Kier alpha value is -2.16. The van der Waals surface area contributed by atoms with Crippen molar-refractivity contribution in [1.82, 2.24) is 14.5 Å². The first-order chi connectivity index (χ1) is 11.8. The number of nitrogens with zero attached hydrogens (tertiary/aromatic N) is 3. The Balaban J connectivity index is 1.95. The zero-order valence-electron chi connectivity index (χ0n) is 12.9. The topological polar surface area (TPSA) is 94.0 Å². The minimum atomic E-state index is -3.61. The maximum Gasteiger partial charge on any atom is 0.245 e. The SMILES string of the molecule is CS(=O)(=O)c1nc2ccccc2n1CC(=O)Nc1ncc(Cl)cc1Cl. The first-order valence-corrected chi connectivity index (χ1v) is 9.66. The maximum atomic E-state index is 12.4. The first kappa shape index (κ1) is 17.7. The highest BCUT2D eigenvalue weighted by molar-refractivity contribution is 7.90. The molecule has 0 spiro atoms. The van der Waals surface area contributed by atoms with Crippen LogP contribution in [0.2, 0.25) is 10.0 Å². The summed E-state index contributed by atoms with van der Waals surface area (Å²) in [6.07, 6.45) is 2.39. The molecular formula is C15H12Cl2N4O3S. The van der Waals surface area contributed by atoms with Crippen molar-refractivity contribution in [3.63, 3.8) is 0 Å². The van der Waals surface area contributed by atoms with Gasteiger partial charge >= 0.3 is 0 Å². The Morgan fingerprint density at radius 1 is 1.28 bits per heavy atom. The Kier molecular flexibility index (Phi) is 4.68. The van der Waals surface area contributed by atoms with Crippen LogP contribution in [0.1, 0.15) is 0 Å². The van der Waals surface area contributed by atoms with Gasteiger partial charge in [-0.05, 0) is 18.2 Å². The molecule has 0 bridgehead atoms. The third-order valence-electron chi connectivity index (χ3n) is 3.32. The van der Waals surface area contributed by atoms with E-state index in [-0.39, 0.29) is 22.5 Å². The van der Waals surface area contributed by atoms with Crippen molar-refractivity contribution in [2.45, 2.75) is 11.7 Å². The van der Waals surface area contributed by atoms with Crippen LogP contribution in [0.3, 0.4) is 0 Å². The van der Waals surface area contributed by atoms with Crippen LogP contribution < -0.4 is 5.32 Å². The highest BCUT2D eigenvalue weighted by Gasteiger charge is 2.21.